The minimum atomic E-state index is -3.36. The molecule has 0 aliphatic heterocycles. The van der Waals surface area contributed by atoms with E-state index in [0.717, 1.165) is 16.7 Å². The lowest BCUT2D eigenvalue weighted by atomic mass is 10.0. The Balaban J connectivity index is 2.41. The third-order valence-electron chi connectivity index (χ3n) is 4.09. The first kappa shape index (κ1) is 16.5. The van der Waals surface area contributed by atoms with Gasteiger partial charge in [0.15, 0.2) is 9.84 Å². The molecule has 3 rings (SSSR count). The first-order valence-electron chi connectivity index (χ1n) is 7.65. The van der Waals surface area contributed by atoms with E-state index in [9.17, 15) is 13.2 Å². The summed E-state index contributed by atoms with van der Waals surface area (Å²) in [5, 5.41) is 0.747. The zero-order chi connectivity index (χ0) is 17.6. The van der Waals surface area contributed by atoms with Gasteiger partial charge in [-0.3, -0.25) is 4.79 Å². The number of sulfone groups is 1. The molecule has 1 aromatic carbocycles. The van der Waals surface area contributed by atoms with E-state index < -0.39 is 9.84 Å². The molecular weight excluding hydrogens is 326 g/mol. The molecule has 0 N–H and O–H groups in total. The largest absolute Gasteiger partial charge is 0.460 e. The van der Waals surface area contributed by atoms with Gasteiger partial charge >= 0.3 is 0 Å². The summed E-state index contributed by atoms with van der Waals surface area (Å²) in [6.45, 7) is 3.72. The van der Waals surface area contributed by atoms with Crippen molar-refractivity contribution < 1.29 is 12.8 Å². The second-order valence-electron chi connectivity index (χ2n) is 6.06. The lowest BCUT2D eigenvalue weighted by Gasteiger charge is -2.09. The fourth-order valence-corrected chi connectivity index (χ4v) is 3.48. The van der Waals surface area contributed by atoms with Gasteiger partial charge in [-0.05, 0) is 31.2 Å². The van der Waals surface area contributed by atoms with Gasteiger partial charge in [0.25, 0.3) is 5.56 Å². The van der Waals surface area contributed by atoms with Crippen molar-refractivity contribution >= 4 is 20.8 Å². The van der Waals surface area contributed by atoms with Gasteiger partial charge in [-0.2, -0.15) is 0 Å². The molecule has 0 unspecified atom stereocenters. The second kappa shape index (κ2) is 5.63. The Morgan fingerprint density at radius 1 is 1.17 bits per heavy atom. The predicted octanol–water partition coefficient (Wildman–Crippen LogP) is 3.07. The highest BCUT2D eigenvalue weighted by molar-refractivity contribution is 7.90. The van der Waals surface area contributed by atoms with E-state index in [1.54, 1.807) is 38.4 Å². The van der Waals surface area contributed by atoms with Crippen LogP contribution < -0.4 is 5.56 Å². The Bertz CT molecular complexity index is 1080. The van der Waals surface area contributed by atoms with Gasteiger partial charge in [0.1, 0.15) is 11.3 Å². The van der Waals surface area contributed by atoms with Gasteiger partial charge in [0, 0.05) is 48.0 Å². The Kier molecular flexibility index (Phi) is 3.87. The molecule has 6 heteroatoms. The van der Waals surface area contributed by atoms with Crippen molar-refractivity contribution in [1.29, 1.82) is 0 Å². The zero-order valence-electron chi connectivity index (χ0n) is 14.1. The van der Waals surface area contributed by atoms with Gasteiger partial charge in [0.05, 0.1) is 4.90 Å². The van der Waals surface area contributed by atoms with Crippen molar-refractivity contribution in [2.24, 2.45) is 7.05 Å². The Hall–Kier alpha value is -2.34. The van der Waals surface area contributed by atoms with Crippen molar-refractivity contribution in [3.63, 3.8) is 0 Å². The summed E-state index contributed by atoms with van der Waals surface area (Å²) in [4.78, 5) is 12.2. The average Bonchev–Trinajstić information content (AvgIpc) is 2.93. The van der Waals surface area contributed by atoms with Crippen LogP contribution >= 0.6 is 0 Å². The molecule has 0 bridgehead atoms. The van der Waals surface area contributed by atoms with Gasteiger partial charge < -0.3 is 8.98 Å². The van der Waals surface area contributed by atoms with Crippen molar-refractivity contribution in [3.8, 4) is 11.1 Å². The second-order valence-corrected chi connectivity index (χ2v) is 8.07. The smallest absolute Gasteiger partial charge is 0.253 e. The van der Waals surface area contributed by atoms with Crippen LogP contribution in [0, 0.1) is 6.92 Å². The van der Waals surface area contributed by atoms with E-state index in [2.05, 4.69) is 0 Å². The number of aromatic nitrogens is 1. The van der Waals surface area contributed by atoms with Crippen LogP contribution in [-0.2, 0) is 23.3 Å². The van der Waals surface area contributed by atoms with Crippen LogP contribution in [-0.4, -0.2) is 19.2 Å². The number of pyridine rings is 1. The number of hydrogen-bond acceptors (Lipinski definition) is 4. The van der Waals surface area contributed by atoms with Crippen LogP contribution in [0.15, 0.2) is 44.6 Å². The maximum atomic E-state index is 12.0. The van der Waals surface area contributed by atoms with Crippen molar-refractivity contribution in [1.82, 2.24) is 4.57 Å². The molecular formula is C18H19NO4S. The maximum Gasteiger partial charge on any atom is 0.253 e. The van der Waals surface area contributed by atoms with Crippen LogP contribution in [0.4, 0.5) is 0 Å². The Labute approximate surface area is 140 Å². The zero-order valence-corrected chi connectivity index (χ0v) is 14.9. The molecule has 24 heavy (non-hydrogen) atoms. The van der Waals surface area contributed by atoms with Gasteiger partial charge in [-0.25, -0.2) is 8.42 Å². The van der Waals surface area contributed by atoms with Crippen LogP contribution in [0.2, 0.25) is 0 Å². The van der Waals surface area contributed by atoms with E-state index in [1.165, 1.54) is 10.8 Å². The summed E-state index contributed by atoms with van der Waals surface area (Å²) >= 11 is 0. The van der Waals surface area contributed by atoms with Crippen molar-refractivity contribution in [3.05, 3.63) is 52.1 Å². The third-order valence-corrected chi connectivity index (χ3v) is 5.18. The van der Waals surface area contributed by atoms with Crippen LogP contribution in [0.1, 0.15) is 18.2 Å². The molecule has 0 aliphatic rings. The minimum Gasteiger partial charge on any atom is -0.460 e. The monoisotopic (exact) mass is 345 g/mol. The van der Waals surface area contributed by atoms with E-state index in [0.29, 0.717) is 23.1 Å². The molecule has 126 valence electrons. The highest BCUT2D eigenvalue weighted by Gasteiger charge is 2.17. The molecule has 0 radical (unpaired) electrons. The summed E-state index contributed by atoms with van der Waals surface area (Å²) in [6, 6.07) is 6.87. The highest BCUT2D eigenvalue weighted by Crippen LogP contribution is 2.34. The average molecular weight is 345 g/mol. The van der Waals surface area contributed by atoms with Crippen molar-refractivity contribution in [2.45, 2.75) is 25.2 Å². The summed E-state index contributed by atoms with van der Waals surface area (Å²) in [7, 11) is -1.68. The molecule has 0 aliphatic carbocycles. The lowest BCUT2D eigenvalue weighted by Crippen LogP contribution is -2.18. The van der Waals surface area contributed by atoms with Crippen LogP contribution in [0.5, 0.6) is 0 Å². The number of furan rings is 1. The molecule has 3 aromatic rings. The lowest BCUT2D eigenvalue weighted by molar-refractivity contribution is 0.557. The quantitative estimate of drug-likeness (QED) is 0.731. The number of nitrogens with zero attached hydrogens (tertiary/aromatic N) is 1. The number of benzene rings is 1. The number of fused-ring (bicyclic) bond motifs is 1. The summed E-state index contributed by atoms with van der Waals surface area (Å²) in [6.07, 6.45) is 3.60. The van der Waals surface area contributed by atoms with Gasteiger partial charge in [-0.1, -0.05) is 6.92 Å². The molecule has 0 amide bonds. The summed E-state index contributed by atoms with van der Waals surface area (Å²) in [5.41, 5.74) is 2.57. The molecule has 0 spiro atoms. The normalized spacial score (nSPS) is 12.0. The maximum absolute atomic E-state index is 12.0. The van der Waals surface area contributed by atoms with E-state index in [4.69, 9.17) is 4.42 Å². The first-order valence-corrected chi connectivity index (χ1v) is 9.54. The topological polar surface area (TPSA) is 69.3 Å². The van der Waals surface area contributed by atoms with E-state index >= 15 is 0 Å². The molecule has 5 nitrogen and oxygen atoms in total. The van der Waals surface area contributed by atoms with Gasteiger partial charge in [-0.15, -0.1) is 0 Å². The molecule has 2 aromatic heterocycles. The molecule has 0 saturated carbocycles. The number of aryl methyl sites for hydroxylation is 3. The summed E-state index contributed by atoms with van der Waals surface area (Å²) < 4.78 is 31.5. The van der Waals surface area contributed by atoms with Crippen LogP contribution in [0.25, 0.3) is 22.1 Å². The van der Waals surface area contributed by atoms with Crippen molar-refractivity contribution in [2.75, 3.05) is 6.26 Å². The Morgan fingerprint density at radius 3 is 2.46 bits per heavy atom. The first-order chi connectivity index (χ1) is 11.2. The highest BCUT2D eigenvalue weighted by atomic mass is 32.2. The molecule has 2 heterocycles. The standard InChI is InChI=1S/C18H19NO4S/c1-5-14-7-12-8-15(24(4,21)22)9-16(17(12)23-14)13-6-11(2)18(20)19(3)10-13/h6-10H,5H2,1-4H3. The van der Waals surface area contributed by atoms with E-state index in [-0.39, 0.29) is 10.5 Å². The third kappa shape index (κ3) is 2.78. The minimum absolute atomic E-state index is 0.0806. The SMILES string of the molecule is CCc1cc2cc(S(C)(=O)=O)cc(-c3cc(C)c(=O)n(C)c3)c2o1. The fraction of sp³-hybridized carbons (Fsp3) is 0.278. The van der Waals surface area contributed by atoms with E-state index in [1.807, 2.05) is 13.0 Å². The molecule has 0 saturated heterocycles. The summed E-state index contributed by atoms with van der Waals surface area (Å²) in [5.74, 6) is 0.790. The fourth-order valence-electron chi connectivity index (χ4n) is 2.81. The number of hydrogen-bond donors (Lipinski definition) is 0. The van der Waals surface area contributed by atoms with Crippen LogP contribution in [0.3, 0.4) is 0 Å². The Morgan fingerprint density at radius 2 is 1.88 bits per heavy atom. The molecule has 0 fully saturated rings. The van der Waals surface area contributed by atoms with Gasteiger partial charge in [0.2, 0.25) is 0 Å². The molecule has 0 atom stereocenters. The number of rotatable bonds is 3. The predicted molar refractivity (Wildman–Crippen MR) is 94.1 cm³/mol.